The van der Waals surface area contributed by atoms with Crippen LogP contribution in [0.1, 0.15) is 15.5 Å². The van der Waals surface area contributed by atoms with Gasteiger partial charge in [-0.1, -0.05) is 0 Å². The minimum Gasteiger partial charge on any atom is -0.325 e. The van der Waals surface area contributed by atoms with Crippen molar-refractivity contribution in [3.8, 4) is 0 Å². The van der Waals surface area contributed by atoms with Crippen LogP contribution in [0.5, 0.6) is 0 Å². The molecule has 0 aliphatic carbocycles. The molecule has 0 saturated heterocycles. The molecule has 0 saturated carbocycles. The molecular weight excluding hydrogens is 304 g/mol. The van der Waals surface area contributed by atoms with Gasteiger partial charge in [0.2, 0.25) is 0 Å². The first-order valence-electron chi connectivity index (χ1n) is 4.77. The summed E-state index contributed by atoms with van der Waals surface area (Å²) in [5, 5.41) is 5.14. The van der Waals surface area contributed by atoms with Gasteiger partial charge in [0.25, 0.3) is 5.91 Å². The van der Waals surface area contributed by atoms with E-state index in [-0.39, 0.29) is 5.91 Å². The summed E-state index contributed by atoms with van der Waals surface area (Å²) in [6, 6.07) is 3.50. The Morgan fingerprint density at radius 1 is 1.59 bits per heavy atom. The highest BCUT2D eigenvalue weighted by Gasteiger charge is 2.11. The van der Waals surface area contributed by atoms with Gasteiger partial charge in [-0.25, -0.2) is 9.97 Å². The Bertz CT molecular complexity index is 543. The fraction of sp³-hybridized carbons (Fsp3) is 0.100. The number of anilines is 1. The molecule has 0 atom stereocenters. The molecule has 0 unspecified atom stereocenters. The molecule has 7 heteroatoms. The van der Waals surface area contributed by atoms with Crippen molar-refractivity contribution in [1.29, 1.82) is 0 Å². The minimum absolute atomic E-state index is 0.269. The zero-order valence-electron chi connectivity index (χ0n) is 8.68. The summed E-state index contributed by atoms with van der Waals surface area (Å²) in [4.78, 5) is 20.0. The predicted molar refractivity (Wildman–Crippen MR) is 69.9 cm³/mol. The number of nitrogens with one attached hydrogen (secondary N) is 1. The Labute approximate surface area is 110 Å². The van der Waals surface area contributed by atoms with Crippen molar-refractivity contribution in [3.63, 3.8) is 0 Å². The highest BCUT2D eigenvalue weighted by atomic mass is 79.9. The quantitative estimate of drug-likeness (QED) is 0.850. The van der Waals surface area contributed by atoms with Crippen LogP contribution in [0.15, 0.2) is 28.3 Å². The smallest absolute Gasteiger partial charge is 0.275 e. The molecule has 0 aliphatic rings. The van der Waals surface area contributed by atoms with Crippen LogP contribution in [-0.2, 0) is 6.54 Å². The SMILES string of the molecule is NCc1nc(C(=O)Nc2cccnc2Br)cs1. The minimum atomic E-state index is -0.269. The number of halogens is 1. The number of thiazole rings is 1. The zero-order valence-corrected chi connectivity index (χ0v) is 11.1. The van der Waals surface area contributed by atoms with E-state index in [1.54, 1.807) is 23.7 Å². The van der Waals surface area contributed by atoms with Gasteiger partial charge in [-0.05, 0) is 28.1 Å². The molecule has 0 bridgehead atoms. The maximum atomic E-state index is 11.8. The Hall–Kier alpha value is -1.31. The molecule has 2 heterocycles. The second kappa shape index (κ2) is 5.35. The summed E-state index contributed by atoms with van der Waals surface area (Å²) < 4.78 is 0.586. The molecule has 0 radical (unpaired) electrons. The van der Waals surface area contributed by atoms with Gasteiger partial charge in [0.05, 0.1) is 5.69 Å². The van der Waals surface area contributed by atoms with Gasteiger partial charge in [-0.3, -0.25) is 4.79 Å². The van der Waals surface area contributed by atoms with E-state index >= 15 is 0 Å². The standard InChI is InChI=1S/C10H9BrN4OS/c11-9-6(2-1-3-13-9)15-10(16)7-5-17-8(4-12)14-7/h1-3,5H,4,12H2,(H,15,16). The monoisotopic (exact) mass is 312 g/mol. The summed E-state index contributed by atoms with van der Waals surface area (Å²) in [6.45, 7) is 0.342. The molecule has 1 amide bonds. The number of amides is 1. The number of hydrogen-bond acceptors (Lipinski definition) is 5. The first kappa shape index (κ1) is 12.2. The number of nitrogens with zero attached hydrogens (tertiary/aromatic N) is 2. The fourth-order valence-electron chi connectivity index (χ4n) is 1.17. The number of aromatic nitrogens is 2. The van der Waals surface area contributed by atoms with Gasteiger partial charge in [0.15, 0.2) is 0 Å². The van der Waals surface area contributed by atoms with Crippen LogP contribution in [0, 0.1) is 0 Å². The van der Waals surface area contributed by atoms with Crippen molar-refractivity contribution in [2.45, 2.75) is 6.54 Å². The predicted octanol–water partition coefficient (Wildman–Crippen LogP) is 2.01. The van der Waals surface area contributed by atoms with Crippen molar-refractivity contribution in [2.24, 2.45) is 5.73 Å². The van der Waals surface area contributed by atoms with Crippen molar-refractivity contribution >= 4 is 38.9 Å². The molecule has 2 rings (SSSR count). The maximum absolute atomic E-state index is 11.8. The Kier molecular flexibility index (Phi) is 3.82. The van der Waals surface area contributed by atoms with E-state index in [4.69, 9.17) is 5.73 Å². The van der Waals surface area contributed by atoms with Crippen molar-refractivity contribution in [3.05, 3.63) is 39.0 Å². The molecule has 0 fully saturated rings. The molecule has 88 valence electrons. The number of carbonyl (C=O) groups excluding carboxylic acids is 1. The summed E-state index contributed by atoms with van der Waals surface area (Å²) in [6.07, 6.45) is 1.63. The number of nitrogens with two attached hydrogens (primary N) is 1. The lowest BCUT2D eigenvalue weighted by Crippen LogP contribution is -2.13. The first-order valence-corrected chi connectivity index (χ1v) is 6.44. The molecule has 0 aliphatic heterocycles. The van der Waals surface area contributed by atoms with E-state index in [1.807, 2.05) is 0 Å². The summed E-state index contributed by atoms with van der Waals surface area (Å²) >= 11 is 4.62. The van der Waals surface area contributed by atoms with Gasteiger partial charge in [-0.2, -0.15) is 0 Å². The Morgan fingerprint density at radius 3 is 3.06 bits per heavy atom. The van der Waals surface area contributed by atoms with Gasteiger partial charge in [0.1, 0.15) is 15.3 Å². The molecule has 0 spiro atoms. The van der Waals surface area contributed by atoms with E-state index in [2.05, 4.69) is 31.2 Å². The average molecular weight is 313 g/mol. The van der Waals surface area contributed by atoms with Gasteiger partial charge in [-0.15, -0.1) is 11.3 Å². The lowest BCUT2D eigenvalue weighted by molar-refractivity contribution is 0.102. The van der Waals surface area contributed by atoms with Crippen molar-refractivity contribution < 1.29 is 4.79 Å². The number of hydrogen-bond donors (Lipinski definition) is 2. The molecule has 0 aromatic carbocycles. The normalized spacial score (nSPS) is 10.2. The fourth-order valence-corrected chi connectivity index (χ4v) is 2.18. The van der Waals surface area contributed by atoms with E-state index in [9.17, 15) is 4.79 Å². The Morgan fingerprint density at radius 2 is 2.41 bits per heavy atom. The van der Waals surface area contributed by atoms with Crippen LogP contribution in [0.2, 0.25) is 0 Å². The van der Waals surface area contributed by atoms with Crippen LogP contribution in [0.4, 0.5) is 5.69 Å². The second-order valence-corrected chi connectivity index (χ2v) is 4.82. The number of rotatable bonds is 3. The molecular formula is C10H9BrN4OS. The van der Waals surface area contributed by atoms with E-state index in [0.717, 1.165) is 5.01 Å². The molecule has 3 N–H and O–H groups in total. The zero-order chi connectivity index (χ0) is 12.3. The number of carbonyl (C=O) groups is 1. The third-order valence-electron chi connectivity index (χ3n) is 1.97. The Balaban J connectivity index is 2.14. The highest BCUT2D eigenvalue weighted by Crippen LogP contribution is 2.19. The van der Waals surface area contributed by atoms with Gasteiger partial charge < -0.3 is 11.1 Å². The van der Waals surface area contributed by atoms with E-state index in [1.165, 1.54) is 11.3 Å². The third kappa shape index (κ3) is 2.87. The average Bonchev–Trinajstić information content (AvgIpc) is 2.81. The van der Waals surface area contributed by atoms with Crippen LogP contribution in [-0.4, -0.2) is 15.9 Å². The van der Waals surface area contributed by atoms with Crippen molar-refractivity contribution in [2.75, 3.05) is 5.32 Å². The lowest BCUT2D eigenvalue weighted by atomic mass is 10.4. The van der Waals surface area contributed by atoms with E-state index in [0.29, 0.717) is 22.5 Å². The van der Waals surface area contributed by atoms with Gasteiger partial charge in [0, 0.05) is 18.1 Å². The summed E-state index contributed by atoms with van der Waals surface area (Å²) in [5.41, 5.74) is 6.42. The van der Waals surface area contributed by atoms with Crippen LogP contribution >= 0.6 is 27.3 Å². The largest absolute Gasteiger partial charge is 0.325 e. The summed E-state index contributed by atoms with van der Waals surface area (Å²) in [7, 11) is 0. The highest BCUT2D eigenvalue weighted by molar-refractivity contribution is 9.10. The second-order valence-electron chi connectivity index (χ2n) is 3.13. The lowest BCUT2D eigenvalue weighted by Gasteiger charge is -2.03. The maximum Gasteiger partial charge on any atom is 0.275 e. The van der Waals surface area contributed by atoms with Crippen LogP contribution in [0.3, 0.4) is 0 Å². The molecule has 2 aromatic heterocycles. The molecule has 17 heavy (non-hydrogen) atoms. The topological polar surface area (TPSA) is 80.9 Å². The van der Waals surface area contributed by atoms with Crippen LogP contribution < -0.4 is 11.1 Å². The summed E-state index contributed by atoms with van der Waals surface area (Å²) in [5.74, 6) is -0.269. The molecule has 2 aromatic rings. The van der Waals surface area contributed by atoms with Crippen molar-refractivity contribution in [1.82, 2.24) is 9.97 Å². The van der Waals surface area contributed by atoms with Crippen LogP contribution in [0.25, 0.3) is 0 Å². The third-order valence-corrected chi connectivity index (χ3v) is 3.47. The first-order chi connectivity index (χ1) is 8.20. The number of pyridine rings is 1. The van der Waals surface area contributed by atoms with E-state index < -0.39 is 0 Å². The molecule has 5 nitrogen and oxygen atoms in total. The van der Waals surface area contributed by atoms with Gasteiger partial charge >= 0.3 is 0 Å².